The highest BCUT2D eigenvalue weighted by Crippen LogP contribution is 2.30. The lowest BCUT2D eigenvalue weighted by Crippen LogP contribution is -2.35. The SMILES string of the molecule is N#Cc1ccc([N+](=O)[O-])c(N2CCCC(=O)C2)c1. The maximum atomic E-state index is 11.4. The zero-order chi connectivity index (χ0) is 13.1. The molecule has 0 bridgehead atoms. The second-order valence-corrected chi connectivity index (χ2v) is 4.14. The summed E-state index contributed by atoms with van der Waals surface area (Å²) in [7, 11) is 0. The van der Waals surface area contributed by atoms with Gasteiger partial charge in [-0.15, -0.1) is 0 Å². The van der Waals surface area contributed by atoms with Gasteiger partial charge < -0.3 is 4.90 Å². The Morgan fingerprint density at radius 1 is 1.44 bits per heavy atom. The van der Waals surface area contributed by atoms with Crippen LogP contribution in [-0.2, 0) is 4.79 Å². The monoisotopic (exact) mass is 245 g/mol. The van der Waals surface area contributed by atoms with Crippen LogP contribution in [-0.4, -0.2) is 23.8 Å². The summed E-state index contributed by atoms with van der Waals surface area (Å²) in [4.78, 5) is 23.5. The van der Waals surface area contributed by atoms with Crippen molar-refractivity contribution in [2.45, 2.75) is 12.8 Å². The van der Waals surface area contributed by atoms with Crippen LogP contribution in [0.4, 0.5) is 11.4 Å². The maximum Gasteiger partial charge on any atom is 0.292 e. The Hall–Kier alpha value is -2.42. The van der Waals surface area contributed by atoms with Gasteiger partial charge in [-0.1, -0.05) is 0 Å². The first kappa shape index (κ1) is 12.0. The first-order valence-electron chi connectivity index (χ1n) is 5.57. The highest BCUT2D eigenvalue weighted by Gasteiger charge is 2.24. The second kappa shape index (κ2) is 4.84. The minimum Gasteiger partial charge on any atom is -0.359 e. The molecule has 0 aliphatic carbocycles. The number of anilines is 1. The second-order valence-electron chi connectivity index (χ2n) is 4.14. The van der Waals surface area contributed by atoms with E-state index in [-0.39, 0.29) is 18.0 Å². The molecule has 92 valence electrons. The molecule has 0 radical (unpaired) electrons. The van der Waals surface area contributed by atoms with Gasteiger partial charge in [0.05, 0.1) is 23.1 Å². The maximum absolute atomic E-state index is 11.4. The normalized spacial score (nSPS) is 15.3. The summed E-state index contributed by atoms with van der Waals surface area (Å²) in [5, 5.41) is 19.8. The Kier molecular flexibility index (Phi) is 3.24. The molecule has 1 aliphatic heterocycles. The topological polar surface area (TPSA) is 87.2 Å². The molecule has 1 aromatic rings. The van der Waals surface area contributed by atoms with Crippen LogP contribution in [0.15, 0.2) is 18.2 Å². The number of carbonyl (C=O) groups excluding carboxylic acids is 1. The standard InChI is InChI=1S/C12H11N3O3/c13-7-9-3-4-11(15(17)18)12(6-9)14-5-1-2-10(16)8-14/h3-4,6H,1-2,5,8H2. The van der Waals surface area contributed by atoms with Crippen molar-refractivity contribution in [3.63, 3.8) is 0 Å². The molecule has 1 saturated heterocycles. The number of hydrogen-bond donors (Lipinski definition) is 0. The molecule has 0 atom stereocenters. The van der Waals surface area contributed by atoms with Crippen molar-refractivity contribution >= 4 is 17.2 Å². The Balaban J connectivity index is 2.43. The highest BCUT2D eigenvalue weighted by atomic mass is 16.6. The number of nitriles is 1. The number of nitro benzene ring substituents is 1. The molecule has 1 heterocycles. The smallest absolute Gasteiger partial charge is 0.292 e. The fourth-order valence-corrected chi connectivity index (χ4v) is 2.04. The number of ketones is 1. The molecule has 0 amide bonds. The summed E-state index contributed by atoms with van der Waals surface area (Å²) in [6.45, 7) is 0.775. The van der Waals surface area contributed by atoms with Gasteiger partial charge in [0.1, 0.15) is 5.69 Å². The number of carbonyl (C=O) groups is 1. The number of nitro groups is 1. The van der Waals surface area contributed by atoms with E-state index in [1.54, 1.807) is 4.90 Å². The van der Waals surface area contributed by atoms with Gasteiger partial charge in [-0.2, -0.15) is 5.26 Å². The summed E-state index contributed by atoms with van der Waals surface area (Å²) in [6, 6.07) is 6.14. The fourth-order valence-electron chi connectivity index (χ4n) is 2.04. The molecule has 6 nitrogen and oxygen atoms in total. The lowest BCUT2D eigenvalue weighted by molar-refractivity contribution is -0.384. The van der Waals surface area contributed by atoms with Crippen LogP contribution in [0.2, 0.25) is 0 Å². The molecule has 1 fully saturated rings. The van der Waals surface area contributed by atoms with Crippen LogP contribution >= 0.6 is 0 Å². The van der Waals surface area contributed by atoms with Gasteiger partial charge >= 0.3 is 0 Å². The minimum atomic E-state index is -0.491. The van der Waals surface area contributed by atoms with E-state index < -0.39 is 4.92 Å². The third-order valence-corrected chi connectivity index (χ3v) is 2.89. The van der Waals surface area contributed by atoms with Gasteiger partial charge in [0.25, 0.3) is 5.69 Å². The van der Waals surface area contributed by atoms with E-state index in [9.17, 15) is 14.9 Å². The molecule has 1 aromatic carbocycles. The number of Topliss-reactive ketones (excluding diaryl/α,β-unsaturated/α-hetero) is 1. The third kappa shape index (κ3) is 2.30. The predicted octanol–water partition coefficient (Wildman–Crippen LogP) is 1.64. The Labute approximate surface area is 104 Å². The van der Waals surface area contributed by atoms with Crippen molar-refractivity contribution in [1.82, 2.24) is 0 Å². The Bertz CT molecular complexity index is 548. The van der Waals surface area contributed by atoms with E-state index in [4.69, 9.17) is 5.26 Å². The Morgan fingerprint density at radius 3 is 2.83 bits per heavy atom. The van der Waals surface area contributed by atoms with Crippen LogP contribution in [0, 0.1) is 21.4 Å². The first-order chi connectivity index (χ1) is 8.61. The third-order valence-electron chi connectivity index (χ3n) is 2.89. The molecular weight excluding hydrogens is 234 g/mol. The molecule has 1 aliphatic rings. The highest BCUT2D eigenvalue weighted by molar-refractivity contribution is 5.85. The van der Waals surface area contributed by atoms with Crippen molar-refractivity contribution in [2.75, 3.05) is 18.0 Å². The zero-order valence-corrected chi connectivity index (χ0v) is 9.63. The van der Waals surface area contributed by atoms with Crippen molar-refractivity contribution < 1.29 is 9.72 Å². The van der Waals surface area contributed by atoms with Crippen LogP contribution in [0.1, 0.15) is 18.4 Å². The summed E-state index contributed by atoms with van der Waals surface area (Å²) in [5.41, 5.74) is 0.643. The van der Waals surface area contributed by atoms with Crippen molar-refractivity contribution in [1.29, 1.82) is 5.26 Å². The van der Waals surface area contributed by atoms with Gasteiger partial charge in [0.15, 0.2) is 5.78 Å². The average molecular weight is 245 g/mol. The van der Waals surface area contributed by atoms with Crippen molar-refractivity contribution in [2.24, 2.45) is 0 Å². The molecule has 0 N–H and O–H groups in total. The lowest BCUT2D eigenvalue weighted by atomic mass is 10.1. The Morgan fingerprint density at radius 2 is 2.22 bits per heavy atom. The molecule has 0 unspecified atom stereocenters. The van der Waals surface area contributed by atoms with E-state index in [1.165, 1.54) is 18.2 Å². The van der Waals surface area contributed by atoms with Crippen molar-refractivity contribution in [3.05, 3.63) is 33.9 Å². The number of rotatable bonds is 2. The lowest BCUT2D eigenvalue weighted by Gasteiger charge is -2.27. The summed E-state index contributed by atoms with van der Waals surface area (Å²) < 4.78 is 0. The molecule has 6 heteroatoms. The molecule has 0 aromatic heterocycles. The molecule has 0 saturated carbocycles. The number of nitrogens with zero attached hydrogens (tertiary/aromatic N) is 3. The number of hydrogen-bond acceptors (Lipinski definition) is 5. The van der Waals surface area contributed by atoms with Gasteiger partial charge in [0, 0.05) is 19.0 Å². The van der Waals surface area contributed by atoms with E-state index in [0.717, 1.165) is 0 Å². The zero-order valence-electron chi connectivity index (χ0n) is 9.63. The van der Waals surface area contributed by atoms with E-state index in [2.05, 4.69) is 0 Å². The van der Waals surface area contributed by atoms with Crippen LogP contribution in [0.5, 0.6) is 0 Å². The predicted molar refractivity (Wildman–Crippen MR) is 64.3 cm³/mol. The quantitative estimate of drug-likeness (QED) is 0.583. The van der Waals surface area contributed by atoms with Gasteiger partial charge in [0.2, 0.25) is 0 Å². The first-order valence-corrected chi connectivity index (χ1v) is 5.57. The van der Waals surface area contributed by atoms with Crippen LogP contribution in [0.3, 0.4) is 0 Å². The molecule has 18 heavy (non-hydrogen) atoms. The van der Waals surface area contributed by atoms with E-state index in [0.29, 0.717) is 30.6 Å². The van der Waals surface area contributed by atoms with Gasteiger partial charge in [-0.05, 0) is 18.6 Å². The summed E-state index contributed by atoms with van der Waals surface area (Å²) in [6.07, 6.45) is 1.20. The fraction of sp³-hybridized carbons (Fsp3) is 0.333. The van der Waals surface area contributed by atoms with Gasteiger partial charge in [-0.25, -0.2) is 0 Å². The largest absolute Gasteiger partial charge is 0.359 e. The average Bonchev–Trinajstić information content (AvgIpc) is 2.38. The number of benzene rings is 1. The summed E-state index contributed by atoms with van der Waals surface area (Å²) >= 11 is 0. The van der Waals surface area contributed by atoms with E-state index in [1.807, 2.05) is 6.07 Å². The van der Waals surface area contributed by atoms with E-state index >= 15 is 0 Å². The summed E-state index contributed by atoms with van der Waals surface area (Å²) in [5.74, 6) is 0.0675. The molecule has 0 spiro atoms. The van der Waals surface area contributed by atoms with Gasteiger partial charge in [-0.3, -0.25) is 14.9 Å². The number of piperidine rings is 1. The molecule has 2 rings (SSSR count). The molecular formula is C12H11N3O3. The minimum absolute atomic E-state index is 0.0660. The van der Waals surface area contributed by atoms with Crippen molar-refractivity contribution in [3.8, 4) is 6.07 Å². The van der Waals surface area contributed by atoms with Crippen LogP contribution in [0.25, 0.3) is 0 Å². The van der Waals surface area contributed by atoms with Crippen LogP contribution < -0.4 is 4.90 Å².